The number of rotatable bonds is 2. The number of carbonyl (C=O) groups is 1. The highest BCUT2D eigenvalue weighted by Crippen LogP contribution is 2.40. The molecule has 82 valence electrons. The van der Waals surface area contributed by atoms with Gasteiger partial charge in [-0.2, -0.15) is 0 Å². The van der Waals surface area contributed by atoms with Gasteiger partial charge in [0.1, 0.15) is 5.78 Å². The van der Waals surface area contributed by atoms with Gasteiger partial charge in [-0.25, -0.2) is 0 Å². The van der Waals surface area contributed by atoms with E-state index in [-0.39, 0.29) is 17.6 Å². The van der Waals surface area contributed by atoms with Crippen LogP contribution in [0.1, 0.15) is 47.0 Å². The van der Waals surface area contributed by atoms with E-state index in [1.54, 1.807) is 6.92 Å². The van der Waals surface area contributed by atoms with Crippen molar-refractivity contribution in [3.05, 3.63) is 0 Å². The van der Waals surface area contributed by atoms with E-state index >= 15 is 0 Å². The van der Waals surface area contributed by atoms with Crippen molar-refractivity contribution in [2.45, 2.75) is 52.6 Å². The summed E-state index contributed by atoms with van der Waals surface area (Å²) in [5.41, 5.74) is -0.536. The molecule has 0 heterocycles. The molecule has 3 atom stereocenters. The molecule has 0 bridgehead atoms. The van der Waals surface area contributed by atoms with Gasteiger partial charge in [-0.1, -0.05) is 20.8 Å². The summed E-state index contributed by atoms with van der Waals surface area (Å²) in [6.45, 7) is 7.86. The molecule has 0 spiro atoms. The Morgan fingerprint density at radius 3 is 2.43 bits per heavy atom. The Labute approximate surface area is 86.7 Å². The van der Waals surface area contributed by atoms with Crippen LogP contribution >= 0.6 is 0 Å². The summed E-state index contributed by atoms with van der Waals surface area (Å²) < 4.78 is 0. The van der Waals surface area contributed by atoms with Gasteiger partial charge in [0.15, 0.2) is 0 Å². The maximum atomic E-state index is 11.3. The SMILES string of the molecule is CC(=O)[C@H]1CC[C@](O)(C(C)C)C[C@@H]1C. The second kappa shape index (κ2) is 4.01. The quantitative estimate of drug-likeness (QED) is 0.739. The lowest BCUT2D eigenvalue weighted by molar-refractivity contribution is -0.128. The molecule has 0 aromatic heterocycles. The molecule has 2 nitrogen and oxygen atoms in total. The summed E-state index contributed by atoms with van der Waals surface area (Å²) in [4.78, 5) is 11.3. The highest BCUT2D eigenvalue weighted by molar-refractivity contribution is 5.78. The number of Topliss-reactive ketones (excluding diaryl/α,β-unsaturated/α-hetero) is 1. The standard InChI is InChI=1S/C12H22O2/c1-8(2)12(14)6-5-11(10(4)13)9(3)7-12/h8-9,11,14H,5-7H2,1-4H3/t9-,11-,12+/m0/s1. The Morgan fingerprint density at radius 1 is 1.50 bits per heavy atom. The number of aliphatic hydroxyl groups is 1. The molecule has 1 aliphatic carbocycles. The molecule has 0 unspecified atom stereocenters. The van der Waals surface area contributed by atoms with Crippen molar-refractivity contribution < 1.29 is 9.90 Å². The third-order valence-corrected chi connectivity index (χ3v) is 3.85. The van der Waals surface area contributed by atoms with Gasteiger partial charge in [0.25, 0.3) is 0 Å². The summed E-state index contributed by atoms with van der Waals surface area (Å²) in [7, 11) is 0. The van der Waals surface area contributed by atoms with Gasteiger partial charge in [-0.3, -0.25) is 4.79 Å². The first-order valence-corrected chi connectivity index (χ1v) is 5.59. The third-order valence-electron chi connectivity index (χ3n) is 3.85. The molecule has 0 saturated heterocycles. The molecule has 0 aromatic carbocycles. The molecule has 0 aromatic rings. The van der Waals surface area contributed by atoms with Gasteiger partial charge >= 0.3 is 0 Å². The predicted octanol–water partition coefficient (Wildman–Crippen LogP) is 2.40. The van der Waals surface area contributed by atoms with Crippen molar-refractivity contribution in [1.82, 2.24) is 0 Å². The van der Waals surface area contributed by atoms with Crippen LogP contribution in [0.5, 0.6) is 0 Å². The molecule has 1 fully saturated rings. The maximum absolute atomic E-state index is 11.3. The van der Waals surface area contributed by atoms with Crippen LogP contribution in [0.2, 0.25) is 0 Å². The van der Waals surface area contributed by atoms with Crippen LogP contribution in [0.3, 0.4) is 0 Å². The average Bonchev–Trinajstić information content (AvgIpc) is 2.02. The number of ketones is 1. The fourth-order valence-corrected chi connectivity index (χ4v) is 2.62. The summed E-state index contributed by atoms with van der Waals surface area (Å²) >= 11 is 0. The normalized spacial score (nSPS) is 38.7. The van der Waals surface area contributed by atoms with Crippen LogP contribution in [0.4, 0.5) is 0 Å². The largest absolute Gasteiger partial charge is 0.390 e. The maximum Gasteiger partial charge on any atom is 0.133 e. The Bertz CT molecular complexity index is 222. The van der Waals surface area contributed by atoms with Gasteiger partial charge < -0.3 is 5.11 Å². The monoisotopic (exact) mass is 198 g/mol. The molecule has 1 rings (SSSR count). The minimum atomic E-state index is -0.536. The Kier molecular flexibility index (Phi) is 3.36. The lowest BCUT2D eigenvalue weighted by Crippen LogP contribution is -2.43. The van der Waals surface area contributed by atoms with Crippen molar-refractivity contribution >= 4 is 5.78 Å². The fraction of sp³-hybridized carbons (Fsp3) is 0.917. The van der Waals surface area contributed by atoms with E-state index in [4.69, 9.17) is 0 Å². The van der Waals surface area contributed by atoms with Gasteiger partial charge in [0.05, 0.1) is 5.60 Å². The van der Waals surface area contributed by atoms with E-state index < -0.39 is 5.60 Å². The smallest absolute Gasteiger partial charge is 0.133 e. The van der Waals surface area contributed by atoms with Gasteiger partial charge in [0, 0.05) is 5.92 Å². The third kappa shape index (κ3) is 2.17. The minimum Gasteiger partial charge on any atom is -0.390 e. The Balaban J connectivity index is 2.67. The fourth-order valence-electron chi connectivity index (χ4n) is 2.62. The zero-order valence-electron chi connectivity index (χ0n) is 9.71. The molecule has 1 saturated carbocycles. The lowest BCUT2D eigenvalue weighted by Gasteiger charge is -2.42. The lowest BCUT2D eigenvalue weighted by atomic mass is 9.67. The van der Waals surface area contributed by atoms with E-state index in [1.807, 2.05) is 0 Å². The molecule has 1 aliphatic rings. The van der Waals surface area contributed by atoms with Crippen LogP contribution in [-0.4, -0.2) is 16.5 Å². The van der Waals surface area contributed by atoms with Gasteiger partial charge in [0.2, 0.25) is 0 Å². The van der Waals surface area contributed by atoms with Crippen LogP contribution < -0.4 is 0 Å². The van der Waals surface area contributed by atoms with E-state index in [1.165, 1.54) is 0 Å². The molecule has 1 N–H and O–H groups in total. The first-order chi connectivity index (χ1) is 6.37. The zero-order chi connectivity index (χ0) is 10.9. The average molecular weight is 198 g/mol. The van der Waals surface area contributed by atoms with E-state index in [0.29, 0.717) is 5.92 Å². The molecular weight excluding hydrogens is 176 g/mol. The molecular formula is C12H22O2. The molecule has 2 heteroatoms. The van der Waals surface area contributed by atoms with Crippen LogP contribution in [-0.2, 0) is 4.79 Å². The second-order valence-electron chi connectivity index (χ2n) is 5.20. The van der Waals surface area contributed by atoms with Crippen molar-refractivity contribution in [2.75, 3.05) is 0 Å². The van der Waals surface area contributed by atoms with Gasteiger partial charge in [-0.05, 0) is 38.0 Å². The van der Waals surface area contributed by atoms with Crippen molar-refractivity contribution in [2.24, 2.45) is 17.8 Å². The highest BCUT2D eigenvalue weighted by atomic mass is 16.3. The topological polar surface area (TPSA) is 37.3 Å². The van der Waals surface area contributed by atoms with Crippen LogP contribution in [0.15, 0.2) is 0 Å². The van der Waals surface area contributed by atoms with Gasteiger partial charge in [-0.15, -0.1) is 0 Å². The highest BCUT2D eigenvalue weighted by Gasteiger charge is 2.40. The number of hydrogen-bond donors (Lipinski definition) is 1. The van der Waals surface area contributed by atoms with E-state index in [0.717, 1.165) is 19.3 Å². The first-order valence-electron chi connectivity index (χ1n) is 5.59. The predicted molar refractivity (Wildman–Crippen MR) is 57.0 cm³/mol. The van der Waals surface area contributed by atoms with Crippen molar-refractivity contribution in [1.29, 1.82) is 0 Å². The molecule has 0 radical (unpaired) electrons. The van der Waals surface area contributed by atoms with Crippen LogP contribution in [0, 0.1) is 17.8 Å². The Morgan fingerprint density at radius 2 is 2.07 bits per heavy atom. The summed E-state index contributed by atoms with van der Waals surface area (Å²) in [6, 6.07) is 0. The summed E-state index contributed by atoms with van der Waals surface area (Å²) in [6.07, 6.45) is 2.40. The van der Waals surface area contributed by atoms with Crippen LogP contribution in [0.25, 0.3) is 0 Å². The Hall–Kier alpha value is -0.370. The zero-order valence-corrected chi connectivity index (χ0v) is 9.71. The summed E-state index contributed by atoms with van der Waals surface area (Å²) in [5, 5.41) is 10.3. The van der Waals surface area contributed by atoms with E-state index in [2.05, 4.69) is 20.8 Å². The second-order valence-corrected chi connectivity index (χ2v) is 5.20. The molecule has 14 heavy (non-hydrogen) atoms. The first kappa shape index (κ1) is 11.7. The minimum absolute atomic E-state index is 0.175. The number of carbonyl (C=O) groups excluding carboxylic acids is 1. The number of hydrogen-bond acceptors (Lipinski definition) is 2. The summed E-state index contributed by atoms with van der Waals surface area (Å²) in [5.74, 6) is 1.07. The molecule has 0 amide bonds. The van der Waals surface area contributed by atoms with Crippen molar-refractivity contribution in [3.8, 4) is 0 Å². The molecule has 0 aliphatic heterocycles. The van der Waals surface area contributed by atoms with Crippen molar-refractivity contribution in [3.63, 3.8) is 0 Å². The van der Waals surface area contributed by atoms with E-state index in [9.17, 15) is 9.90 Å².